The molecule has 2 aliphatic heterocycles. The average Bonchev–Trinajstić information content (AvgIpc) is 3.24. The summed E-state index contributed by atoms with van der Waals surface area (Å²) in [5.74, 6) is 6.65. The van der Waals surface area contributed by atoms with Crippen molar-refractivity contribution in [3.63, 3.8) is 0 Å². The first-order valence-electron chi connectivity index (χ1n) is 14.9. The molecule has 1 saturated carbocycles. The van der Waals surface area contributed by atoms with Crippen LogP contribution in [0.15, 0.2) is 30.6 Å². The summed E-state index contributed by atoms with van der Waals surface area (Å²) < 4.78 is 2.16. The number of hydrogen-bond acceptors (Lipinski definition) is 9. The minimum atomic E-state index is -0.00295. The second-order valence-corrected chi connectivity index (χ2v) is 13.0. The van der Waals surface area contributed by atoms with Crippen molar-refractivity contribution >= 4 is 35.2 Å². The Morgan fingerprint density at radius 3 is 2.58 bits per heavy atom. The van der Waals surface area contributed by atoms with Crippen LogP contribution >= 0.6 is 11.6 Å². The van der Waals surface area contributed by atoms with Crippen LogP contribution in [-0.2, 0) is 4.79 Å². The number of hydrogen-bond donors (Lipinski definition) is 4. The van der Waals surface area contributed by atoms with Gasteiger partial charge in [0.05, 0.1) is 11.1 Å². The largest absolute Gasteiger partial charge is 0.400 e. The predicted octanol–water partition coefficient (Wildman–Crippen LogP) is 3.26. The molecule has 1 unspecified atom stereocenters. The molecule has 12 heteroatoms. The molecular weight excluding hydrogens is 564 g/mol. The maximum atomic E-state index is 12.1. The van der Waals surface area contributed by atoms with Gasteiger partial charge < -0.3 is 31.7 Å². The highest BCUT2D eigenvalue weighted by atomic mass is 35.5. The molecule has 1 atom stereocenters. The lowest BCUT2D eigenvalue weighted by atomic mass is 9.60. The fraction of sp³-hybridized carbons (Fsp3) is 0.516. The van der Waals surface area contributed by atoms with Gasteiger partial charge in [-0.3, -0.25) is 14.4 Å². The van der Waals surface area contributed by atoms with Gasteiger partial charge in [0.15, 0.2) is 5.82 Å². The maximum Gasteiger partial charge on any atom is 0.245 e. The van der Waals surface area contributed by atoms with E-state index in [2.05, 4.69) is 34.9 Å². The SMILES string of the molecule is C=CC(=O)N1CC2(CC(n3nc(N4CCN(C/C(N)=C/N(C)N)CC4CC)c(-c4c(Cl)c(C)cc(N)c4C=N)c3C)C2)C1. The van der Waals surface area contributed by atoms with Gasteiger partial charge in [0.1, 0.15) is 0 Å². The number of nitrogens with zero attached hydrogens (tertiary/aromatic N) is 6. The van der Waals surface area contributed by atoms with E-state index in [1.165, 1.54) is 17.3 Å². The number of piperazine rings is 1. The molecule has 1 aromatic heterocycles. The standard InChI is InChI=1S/C31H45ClN10O/c1-6-22-16-39(15-21(34)14-38(5)36)8-9-41(22)30-27(28-24(13-33)25(35)10-19(3)29(28)32)20(4)42(37-30)23-11-31(12-23)17-40(18-31)26(43)7-2/h7,10,13-14,22-23,33H,2,6,8-9,11-12,15-18,34-36H2,1,3-5H3/b21-14-,33-13?. The van der Waals surface area contributed by atoms with Crippen molar-refractivity contribution in [3.8, 4) is 11.1 Å². The van der Waals surface area contributed by atoms with Gasteiger partial charge >= 0.3 is 0 Å². The van der Waals surface area contributed by atoms with Gasteiger partial charge in [0, 0.05) is 104 Å². The number of nitrogen functional groups attached to an aromatic ring is 1. The third-order valence-electron chi connectivity index (χ3n) is 9.35. The number of likely N-dealkylation sites (tertiary alicyclic amines) is 1. The molecule has 1 aliphatic carbocycles. The van der Waals surface area contributed by atoms with E-state index in [9.17, 15) is 4.79 Å². The lowest BCUT2D eigenvalue weighted by Crippen LogP contribution is -2.63. The third kappa shape index (κ3) is 5.61. The minimum absolute atomic E-state index is 0.00295. The number of rotatable bonds is 9. The van der Waals surface area contributed by atoms with Gasteiger partial charge in [-0.15, -0.1) is 0 Å². The number of nitrogens with two attached hydrogens (primary N) is 3. The Morgan fingerprint density at radius 1 is 1.28 bits per heavy atom. The summed E-state index contributed by atoms with van der Waals surface area (Å²) in [6, 6.07) is 2.25. The minimum Gasteiger partial charge on any atom is -0.400 e. The van der Waals surface area contributed by atoms with E-state index >= 15 is 0 Å². The monoisotopic (exact) mass is 608 g/mol. The molecule has 1 amide bonds. The first-order valence-corrected chi connectivity index (χ1v) is 15.3. The van der Waals surface area contributed by atoms with E-state index in [0.717, 1.165) is 85.9 Å². The van der Waals surface area contributed by atoms with Gasteiger partial charge in [-0.05, 0) is 50.8 Å². The summed E-state index contributed by atoms with van der Waals surface area (Å²) in [7, 11) is 1.76. The quantitative estimate of drug-likeness (QED) is 0.111. The summed E-state index contributed by atoms with van der Waals surface area (Å²) in [5, 5.41) is 15.6. The lowest BCUT2D eigenvalue weighted by molar-refractivity contribution is -0.149. The van der Waals surface area contributed by atoms with E-state index in [1.54, 1.807) is 13.2 Å². The number of aryl methyl sites for hydroxylation is 1. The first kappa shape index (κ1) is 30.9. The van der Waals surface area contributed by atoms with Crippen LogP contribution in [0.25, 0.3) is 11.1 Å². The van der Waals surface area contributed by atoms with Crippen molar-refractivity contribution in [2.75, 3.05) is 56.9 Å². The van der Waals surface area contributed by atoms with Crippen LogP contribution in [0.2, 0.25) is 5.02 Å². The molecule has 232 valence electrons. The number of hydrazine groups is 1. The number of nitrogens with one attached hydrogen (secondary N) is 1. The Labute approximate surface area is 259 Å². The number of carbonyl (C=O) groups is 1. The number of amides is 1. The van der Waals surface area contributed by atoms with Gasteiger partial charge in [0.25, 0.3) is 0 Å². The molecule has 3 fully saturated rings. The number of benzene rings is 1. The smallest absolute Gasteiger partial charge is 0.245 e. The normalized spacial score (nSPS) is 20.6. The average molecular weight is 609 g/mol. The second-order valence-electron chi connectivity index (χ2n) is 12.6. The van der Waals surface area contributed by atoms with E-state index in [4.69, 9.17) is 39.4 Å². The maximum absolute atomic E-state index is 12.1. The van der Waals surface area contributed by atoms with E-state index in [1.807, 2.05) is 17.9 Å². The number of aromatic nitrogens is 2. The van der Waals surface area contributed by atoms with Gasteiger partial charge in [0.2, 0.25) is 5.91 Å². The van der Waals surface area contributed by atoms with Crippen molar-refractivity contribution in [1.82, 2.24) is 24.6 Å². The molecule has 2 aromatic rings. The molecule has 1 spiro atoms. The molecule has 7 N–H and O–H groups in total. The summed E-state index contributed by atoms with van der Waals surface area (Å²) in [6.45, 7) is 14.4. The first-order chi connectivity index (χ1) is 20.4. The highest BCUT2D eigenvalue weighted by Crippen LogP contribution is 2.55. The van der Waals surface area contributed by atoms with Crippen LogP contribution in [0.4, 0.5) is 11.5 Å². The van der Waals surface area contributed by atoms with Crippen molar-refractivity contribution in [1.29, 1.82) is 5.41 Å². The van der Waals surface area contributed by atoms with Gasteiger partial charge in [-0.2, -0.15) is 5.10 Å². The fourth-order valence-corrected chi connectivity index (χ4v) is 7.51. The van der Waals surface area contributed by atoms with Crippen LogP contribution in [0.5, 0.6) is 0 Å². The molecule has 43 heavy (non-hydrogen) atoms. The Bertz CT molecular complexity index is 1450. The molecule has 1 aromatic carbocycles. The van der Waals surface area contributed by atoms with Crippen LogP contribution in [0.3, 0.4) is 0 Å². The highest BCUT2D eigenvalue weighted by Gasteiger charge is 2.54. The predicted molar refractivity (Wildman–Crippen MR) is 174 cm³/mol. The molecule has 3 heterocycles. The number of anilines is 2. The zero-order chi connectivity index (χ0) is 31.2. The Morgan fingerprint density at radius 2 is 1.98 bits per heavy atom. The van der Waals surface area contributed by atoms with Gasteiger partial charge in [-0.1, -0.05) is 25.1 Å². The van der Waals surface area contributed by atoms with E-state index < -0.39 is 0 Å². The molecule has 3 aliphatic rings. The van der Waals surface area contributed by atoms with Crippen molar-refractivity contribution in [2.24, 2.45) is 17.0 Å². The molecule has 5 rings (SSSR count). The van der Waals surface area contributed by atoms with Gasteiger partial charge in [-0.25, -0.2) is 5.84 Å². The van der Waals surface area contributed by atoms with Crippen molar-refractivity contribution in [2.45, 2.75) is 52.1 Å². The number of carbonyl (C=O) groups excluding carboxylic acids is 1. The highest BCUT2D eigenvalue weighted by molar-refractivity contribution is 6.35. The molecular formula is C31H45ClN10O. The Balaban J connectivity index is 1.52. The summed E-state index contributed by atoms with van der Waals surface area (Å²) in [4.78, 5) is 18.7. The zero-order valence-electron chi connectivity index (χ0n) is 25.7. The third-order valence-corrected chi connectivity index (χ3v) is 9.84. The van der Waals surface area contributed by atoms with Crippen LogP contribution in [-0.4, -0.2) is 89.1 Å². The fourth-order valence-electron chi connectivity index (χ4n) is 7.26. The molecule has 11 nitrogen and oxygen atoms in total. The van der Waals surface area contributed by atoms with Crippen LogP contribution in [0, 0.1) is 24.7 Å². The summed E-state index contributed by atoms with van der Waals surface area (Å²) >= 11 is 7.03. The topological polar surface area (TPSA) is 150 Å². The summed E-state index contributed by atoms with van der Waals surface area (Å²) in [5.41, 5.74) is 18.3. The molecule has 0 bridgehead atoms. The van der Waals surface area contributed by atoms with E-state index in [0.29, 0.717) is 22.8 Å². The lowest BCUT2D eigenvalue weighted by Gasteiger charge is -2.58. The molecule has 2 saturated heterocycles. The second kappa shape index (κ2) is 11.9. The van der Waals surface area contributed by atoms with Crippen LogP contribution in [0.1, 0.15) is 49.0 Å². The Kier molecular flexibility index (Phi) is 8.52. The molecule has 0 radical (unpaired) electrons. The van der Waals surface area contributed by atoms with Crippen molar-refractivity contribution < 1.29 is 4.79 Å². The Hall–Kier alpha value is -3.54. The van der Waals surface area contributed by atoms with E-state index in [-0.39, 0.29) is 23.4 Å². The van der Waals surface area contributed by atoms with Crippen LogP contribution < -0.4 is 22.2 Å². The number of halogens is 1. The van der Waals surface area contributed by atoms with Crippen molar-refractivity contribution in [3.05, 3.63) is 52.5 Å². The summed E-state index contributed by atoms with van der Waals surface area (Å²) in [6.07, 6.45) is 7.28. The zero-order valence-corrected chi connectivity index (χ0v) is 26.5.